The van der Waals surface area contributed by atoms with Crippen molar-refractivity contribution >= 4 is 29.6 Å². The quantitative estimate of drug-likeness (QED) is 0.194. The zero-order chi connectivity index (χ0) is 22.5. The van der Waals surface area contributed by atoms with Crippen LogP contribution in [0, 0.1) is 17.1 Å². The van der Waals surface area contributed by atoms with Crippen LogP contribution >= 0.6 is 11.8 Å². The van der Waals surface area contributed by atoms with Crippen molar-refractivity contribution in [3.8, 4) is 6.07 Å². The molecule has 0 bridgehead atoms. The lowest BCUT2D eigenvalue weighted by Gasteiger charge is -2.24. The van der Waals surface area contributed by atoms with Crippen LogP contribution in [0.5, 0.6) is 0 Å². The lowest BCUT2D eigenvalue weighted by atomic mass is 10.1. The molecule has 0 atom stereocenters. The van der Waals surface area contributed by atoms with Crippen LogP contribution in [0.15, 0.2) is 51.4 Å². The first kappa shape index (κ1) is 24.2. The molecule has 0 aliphatic heterocycles. The predicted molar refractivity (Wildman–Crippen MR) is 104 cm³/mol. The van der Waals surface area contributed by atoms with Gasteiger partial charge in [-0.3, -0.25) is 14.5 Å². The van der Waals surface area contributed by atoms with Crippen LogP contribution in [0.1, 0.15) is 33.3 Å². The third-order valence-electron chi connectivity index (χ3n) is 3.66. The Balaban J connectivity index is 3.60. The number of amides is 1. The van der Waals surface area contributed by atoms with E-state index in [1.165, 1.54) is 0 Å². The fourth-order valence-corrected chi connectivity index (χ4v) is 3.05. The summed E-state index contributed by atoms with van der Waals surface area (Å²) in [5.41, 5.74) is -1.24. The van der Waals surface area contributed by atoms with Gasteiger partial charge in [0.2, 0.25) is 5.91 Å². The Bertz CT molecular complexity index is 952. The van der Waals surface area contributed by atoms with Gasteiger partial charge in [0.25, 0.3) is 0 Å². The van der Waals surface area contributed by atoms with E-state index in [1.807, 2.05) is 0 Å². The van der Waals surface area contributed by atoms with Crippen LogP contribution in [0.3, 0.4) is 0 Å². The summed E-state index contributed by atoms with van der Waals surface area (Å²) in [5.74, 6) is -1.77. The van der Waals surface area contributed by atoms with E-state index in [-0.39, 0.29) is 21.1 Å². The minimum atomic E-state index is -4.64. The number of rotatable bonds is 6. The average molecular weight is 426 g/mol. The fraction of sp³-hybridized carbons (Fsp3) is 0.250. The van der Waals surface area contributed by atoms with Gasteiger partial charge in [0.15, 0.2) is 6.29 Å². The molecule has 9 heteroatoms. The van der Waals surface area contributed by atoms with Crippen LogP contribution in [0.2, 0.25) is 0 Å². The van der Waals surface area contributed by atoms with Crippen molar-refractivity contribution in [2.75, 3.05) is 4.90 Å². The third kappa shape index (κ3) is 6.06. The molecule has 0 aliphatic carbocycles. The monoisotopic (exact) mass is 426 g/mol. The number of halogens is 4. The van der Waals surface area contributed by atoms with E-state index in [0.29, 0.717) is 22.8 Å². The molecule has 1 rings (SSSR count). The Kier molecular flexibility index (Phi) is 7.97. The second kappa shape index (κ2) is 9.56. The number of carbonyl (C=O) groups is 2. The van der Waals surface area contributed by atoms with Crippen LogP contribution in [0.4, 0.5) is 23.2 Å². The van der Waals surface area contributed by atoms with E-state index in [0.717, 1.165) is 37.7 Å². The highest BCUT2D eigenvalue weighted by Crippen LogP contribution is 2.36. The molecule has 0 aromatic heterocycles. The van der Waals surface area contributed by atoms with Gasteiger partial charge >= 0.3 is 6.18 Å². The zero-order valence-corrected chi connectivity index (χ0v) is 17.0. The first-order valence-electron chi connectivity index (χ1n) is 8.12. The van der Waals surface area contributed by atoms with Gasteiger partial charge in [0.05, 0.1) is 16.2 Å². The molecule has 0 radical (unpaired) electrons. The van der Waals surface area contributed by atoms with Crippen molar-refractivity contribution in [1.82, 2.24) is 0 Å². The number of anilines is 1. The summed E-state index contributed by atoms with van der Waals surface area (Å²) in [4.78, 5) is 24.4. The lowest BCUT2D eigenvalue weighted by Crippen LogP contribution is -2.28. The minimum Gasteiger partial charge on any atom is -0.297 e. The summed E-state index contributed by atoms with van der Waals surface area (Å²) in [7, 11) is 0. The number of alkyl halides is 3. The maximum Gasteiger partial charge on any atom is 0.412 e. The minimum absolute atomic E-state index is 0.0898. The third-order valence-corrected chi connectivity index (χ3v) is 4.94. The second-order valence-corrected chi connectivity index (χ2v) is 7.25. The molecular weight excluding hydrogens is 408 g/mol. The van der Waals surface area contributed by atoms with E-state index in [1.54, 1.807) is 19.9 Å². The van der Waals surface area contributed by atoms with Crippen LogP contribution in [-0.2, 0) is 9.59 Å². The van der Waals surface area contributed by atoms with Crippen molar-refractivity contribution in [2.24, 2.45) is 0 Å². The van der Waals surface area contributed by atoms with Gasteiger partial charge < -0.3 is 0 Å². The molecule has 1 aromatic carbocycles. The summed E-state index contributed by atoms with van der Waals surface area (Å²) >= 11 is 0.889. The normalized spacial score (nSPS) is 11.5. The highest BCUT2D eigenvalue weighted by atomic mass is 32.2. The van der Waals surface area contributed by atoms with Crippen molar-refractivity contribution in [1.29, 1.82) is 5.26 Å². The van der Waals surface area contributed by atoms with E-state index in [9.17, 15) is 32.4 Å². The van der Waals surface area contributed by atoms with Gasteiger partial charge in [0.1, 0.15) is 11.9 Å². The Hall–Kier alpha value is -2.86. The number of nitriles is 1. The summed E-state index contributed by atoms with van der Waals surface area (Å²) in [6, 6.07) is 3.78. The first-order valence-corrected chi connectivity index (χ1v) is 8.94. The lowest BCUT2D eigenvalue weighted by molar-refractivity contribution is -0.116. The molecule has 0 saturated heterocycles. The highest BCUT2D eigenvalue weighted by Gasteiger charge is 2.31. The van der Waals surface area contributed by atoms with Gasteiger partial charge in [-0.25, -0.2) is 4.39 Å². The van der Waals surface area contributed by atoms with Gasteiger partial charge in [-0.05, 0) is 39.0 Å². The van der Waals surface area contributed by atoms with Crippen molar-refractivity contribution in [2.45, 2.75) is 38.8 Å². The number of carbonyl (C=O) groups excluding carboxylic acids is 2. The summed E-state index contributed by atoms with van der Waals surface area (Å²) < 4.78 is 53.1. The van der Waals surface area contributed by atoms with Gasteiger partial charge in [-0.1, -0.05) is 23.9 Å². The predicted octanol–water partition coefficient (Wildman–Crippen LogP) is 5.66. The molecule has 154 valence electrons. The maximum absolute atomic E-state index is 14.6. The number of allylic oxidation sites excluding steroid dienone is 4. The molecular formula is C20H18F4N2O2S. The summed E-state index contributed by atoms with van der Waals surface area (Å²) in [6.07, 6.45) is -3.45. The number of benzene rings is 1. The molecule has 4 nitrogen and oxygen atoms in total. The molecule has 1 aromatic rings. The number of hydrogen-bond acceptors (Lipinski definition) is 4. The van der Waals surface area contributed by atoms with Crippen molar-refractivity contribution < 1.29 is 27.2 Å². The van der Waals surface area contributed by atoms with Crippen LogP contribution in [-0.4, -0.2) is 18.4 Å². The van der Waals surface area contributed by atoms with E-state index in [2.05, 4.69) is 6.58 Å². The first-order chi connectivity index (χ1) is 13.3. The standard InChI is InChI=1S/C20H18F4N2O2S/c1-11(2)19(10-27)29-18-8-17(16(21)7-15(18)9-25)26(14(5)28)13(4)6-12(3)20(22,23)24/h6-8,10H,4H2,1-3,5H3/b12-6+. The van der Waals surface area contributed by atoms with E-state index in [4.69, 9.17) is 0 Å². The molecule has 0 N–H and O–H groups in total. The molecule has 0 saturated carbocycles. The topological polar surface area (TPSA) is 61.2 Å². The largest absolute Gasteiger partial charge is 0.412 e. The van der Waals surface area contributed by atoms with E-state index >= 15 is 0 Å². The Morgan fingerprint density at radius 2 is 1.83 bits per heavy atom. The number of aldehydes is 1. The fourth-order valence-electron chi connectivity index (χ4n) is 2.17. The summed E-state index contributed by atoms with van der Waals surface area (Å²) in [5, 5.41) is 9.26. The summed E-state index contributed by atoms with van der Waals surface area (Å²) in [6.45, 7) is 8.62. The van der Waals surface area contributed by atoms with Crippen molar-refractivity contribution in [3.05, 3.63) is 57.9 Å². The molecule has 0 fully saturated rings. The SMILES string of the molecule is C=C(/C=C(\C)C(F)(F)F)N(C(C)=O)c1cc(SC(C=O)=C(C)C)c(C#N)cc1F. The molecule has 0 heterocycles. The molecule has 29 heavy (non-hydrogen) atoms. The smallest absolute Gasteiger partial charge is 0.297 e. The second-order valence-electron chi connectivity index (χ2n) is 6.17. The average Bonchev–Trinajstić information content (AvgIpc) is 2.60. The maximum atomic E-state index is 14.6. The van der Waals surface area contributed by atoms with Crippen LogP contribution in [0.25, 0.3) is 0 Å². The van der Waals surface area contributed by atoms with Gasteiger partial charge in [-0.2, -0.15) is 18.4 Å². The zero-order valence-electron chi connectivity index (χ0n) is 16.1. The molecule has 0 spiro atoms. The van der Waals surface area contributed by atoms with Crippen LogP contribution < -0.4 is 4.90 Å². The Labute approximate surface area is 170 Å². The highest BCUT2D eigenvalue weighted by molar-refractivity contribution is 8.04. The molecule has 1 amide bonds. The number of nitrogens with zero attached hydrogens (tertiary/aromatic N) is 2. The van der Waals surface area contributed by atoms with E-state index < -0.39 is 29.2 Å². The van der Waals surface area contributed by atoms with Gasteiger partial charge in [0, 0.05) is 23.1 Å². The van der Waals surface area contributed by atoms with Gasteiger partial charge in [-0.15, -0.1) is 0 Å². The number of thioether (sulfide) groups is 1. The molecule has 0 aliphatic rings. The number of hydrogen-bond donors (Lipinski definition) is 0. The Morgan fingerprint density at radius 1 is 1.24 bits per heavy atom. The Morgan fingerprint density at radius 3 is 2.24 bits per heavy atom. The molecule has 0 unspecified atom stereocenters. The van der Waals surface area contributed by atoms with Crippen molar-refractivity contribution in [3.63, 3.8) is 0 Å².